The molecule has 4 rings (SSSR count). The Hall–Kier alpha value is -2.87. The molecule has 1 fully saturated rings. The standard InChI is InChI=1S/C22H21F4N3O/c23-17-6-8-19-16(13-17)5-7-18(27-19)14-28-9-11-29(12-10-28)20-3-1-2-4-21(20)30-15-22(24,25)26/h1-8,13H,9-12,14-15H2. The van der Waals surface area contributed by atoms with E-state index in [0.717, 1.165) is 29.7 Å². The normalized spacial score (nSPS) is 15.5. The fourth-order valence-electron chi connectivity index (χ4n) is 3.60. The van der Waals surface area contributed by atoms with Crippen molar-refractivity contribution in [2.24, 2.45) is 0 Å². The zero-order valence-corrected chi connectivity index (χ0v) is 16.2. The van der Waals surface area contributed by atoms with Gasteiger partial charge in [0.1, 0.15) is 11.6 Å². The van der Waals surface area contributed by atoms with E-state index in [0.29, 0.717) is 25.3 Å². The summed E-state index contributed by atoms with van der Waals surface area (Å²) in [4.78, 5) is 8.88. The summed E-state index contributed by atoms with van der Waals surface area (Å²) in [5.74, 6) is -0.0423. The Morgan fingerprint density at radius 2 is 1.70 bits per heavy atom. The maximum absolute atomic E-state index is 13.3. The van der Waals surface area contributed by atoms with Crippen LogP contribution in [-0.2, 0) is 6.54 Å². The van der Waals surface area contributed by atoms with Crippen LogP contribution in [0.2, 0.25) is 0 Å². The molecule has 1 saturated heterocycles. The zero-order valence-electron chi connectivity index (χ0n) is 16.2. The molecule has 3 aromatic rings. The molecule has 1 aliphatic heterocycles. The number of fused-ring (bicyclic) bond motifs is 1. The molecule has 30 heavy (non-hydrogen) atoms. The number of halogens is 4. The highest BCUT2D eigenvalue weighted by atomic mass is 19.4. The average Bonchev–Trinajstić information content (AvgIpc) is 2.73. The number of nitrogens with zero attached hydrogens (tertiary/aromatic N) is 3. The first kappa shape index (κ1) is 20.4. The van der Waals surface area contributed by atoms with Crippen LogP contribution in [0.3, 0.4) is 0 Å². The van der Waals surface area contributed by atoms with Crippen molar-refractivity contribution in [3.63, 3.8) is 0 Å². The maximum Gasteiger partial charge on any atom is 0.422 e. The molecule has 4 nitrogen and oxygen atoms in total. The van der Waals surface area contributed by atoms with Crippen LogP contribution in [0.25, 0.3) is 10.9 Å². The van der Waals surface area contributed by atoms with Gasteiger partial charge < -0.3 is 9.64 Å². The van der Waals surface area contributed by atoms with Crippen LogP contribution in [-0.4, -0.2) is 48.8 Å². The molecule has 0 radical (unpaired) electrons. The number of hydrogen-bond acceptors (Lipinski definition) is 4. The van der Waals surface area contributed by atoms with Gasteiger partial charge in [0.2, 0.25) is 0 Å². The van der Waals surface area contributed by atoms with Gasteiger partial charge in [0.25, 0.3) is 0 Å². The molecule has 2 aromatic carbocycles. The number of para-hydroxylation sites is 2. The maximum atomic E-state index is 13.3. The summed E-state index contributed by atoms with van der Waals surface area (Å²) >= 11 is 0. The van der Waals surface area contributed by atoms with Crippen molar-refractivity contribution in [1.82, 2.24) is 9.88 Å². The number of ether oxygens (including phenoxy) is 1. The van der Waals surface area contributed by atoms with Gasteiger partial charge in [-0.2, -0.15) is 13.2 Å². The fraction of sp³-hybridized carbons (Fsp3) is 0.318. The van der Waals surface area contributed by atoms with Crippen LogP contribution in [0.15, 0.2) is 54.6 Å². The van der Waals surface area contributed by atoms with Crippen molar-refractivity contribution in [3.05, 3.63) is 66.1 Å². The van der Waals surface area contributed by atoms with Crippen molar-refractivity contribution in [2.45, 2.75) is 12.7 Å². The molecule has 0 N–H and O–H groups in total. The lowest BCUT2D eigenvalue weighted by Gasteiger charge is -2.36. The Bertz CT molecular complexity index is 1020. The third-order valence-corrected chi connectivity index (χ3v) is 5.06. The molecular formula is C22H21F4N3O. The zero-order chi connectivity index (χ0) is 21.1. The van der Waals surface area contributed by atoms with Crippen molar-refractivity contribution in [1.29, 1.82) is 0 Å². The molecular weight excluding hydrogens is 398 g/mol. The molecule has 0 spiro atoms. The fourth-order valence-corrected chi connectivity index (χ4v) is 3.60. The Morgan fingerprint density at radius 3 is 2.47 bits per heavy atom. The van der Waals surface area contributed by atoms with E-state index in [9.17, 15) is 17.6 Å². The summed E-state index contributed by atoms with van der Waals surface area (Å²) in [6, 6.07) is 15.1. The first-order valence-electron chi connectivity index (χ1n) is 9.68. The molecule has 2 heterocycles. The Kier molecular flexibility index (Phi) is 5.76. The van der Waals surface area contributed by atoms with Crippen LogP contribution in [0.5, 0.6) is 5.75 Å². The monoisotopic (exact) mass is 419 g/mol. The number of anilines is 1. The summed E-state index contributed by atoms with van der Waals surface area (Å²) in [6.07, 6.45) is -4.37. The number of aromatic nitrogens is 1. The number of benzene rings is 2. The van der Waals surface area contributed by atoms with Gasteiger partial charge in [0.05, 0.1) is 16.9 Å². The topological polar surface area (TPSA) is 28.6 Å². The minimum Gasteiger partial charge on any atom is -0.482 e. The molecule has 0 saturated carbocycles. The van der Waals surface area contributed by atoms with Crippen molar-refractivity contribution >= 4 is 16.6 Å². The number of rotatable bonds is 5. The lowest BCUT2D eigenvalue weighted by Crippen LogP contribution is -2.46. The largest absolute Gasteiger partial charge is 0.482 e. The Labute approximate surface area is 171 Å². The van der Waals surface area contributed by atoms with Crippen LogP contribution >= 0.6 is 0 Å². The highest BCUT2D eigenvalue weighted by Crippen LogP contribution is 2.30. The molecule has 0 bridgehead atoms. The summed E-state index contributed by atoms with van der Waals surface area (Å²) in [7, 11) is 0. The molecule has 0 atom stereocenters. The lowest BCUT2D eigenvalue weighted by molar-refractivity contribution is -0.153. The van der Waals surface area contributed by atoms with Gasteiger partial charge in [-0.25, -0.2) is 4.39 Å². The van der Waals surface area contributed by atoms with Crippen molar-refractivity contribution in [3.8, 4) is 5.75 Å². The quantitative estimate of drug-likeness (QED) is 0.564. The molecule has 0 amide bonds. The second-order valence-corrected chi connectivity index (χ2v) is 7.27. The third kappa shape index (κ3) is 4.99. The smallest absolute Gasteiger partial charge is 0.422 e. The predicted octanol–water partition coefficient (Wildman–Crippen LogP) is 4.64. The number of piperazine rings is 1. The second kappa shape index (κ2) is 8.47. The summed E-state index contributed by atoms with van der Waals surface area (Å²) < 4.78 is 55.9. The average molecular weight is 419 g/mol. The van der Waals surface area contributed by atoms with Crippen molar-refractivity contribution in [2.75, 3.05) is 37.7 Å². The highest BCUT2D eigenvalue weighted by Gasteiger charge is 2.29. The molecule has 0 aliphatic carbocycles. The number of hydrogen-bond donors (Lipinski definition) is 0. The van der Waals surface area contributed by atoms with Gasteiger partial charge in [0, 0.05) is 38.1 Å². The van der Waals surface area contributed by atoms with E-state index in [-0.39, 0.29) is 11.6 Å². The predicted molar refractivity (Wildman–Crippen MR) is 107 cm³/mol. The van der Waals surface area contributed by atoms with E-state index in [1.807, 2.05) is 17.0 Å². The minimum atomic E-state index is -4.37. The van der Waals surface area contributed by atoms with E-state index in [1.165, 1.54) is 12.1 Å². The van der Waals surface area contributed by atoms with E-state index < -0.39 is 12.8 Å². The first-order chi connectivity index (χ1) is 14.4. The molecule has 158 valence electrons. The SMILES string of the molecule is Fc1ccc2nc(CN3CCN(c4ccccc4OCC(F)(F)F)CC3)ccc2c1. The second-order valence-electron chi connectivity index (χ2n) is 7.27. The van der Waals surface area contributed by atoms with Gasteiger partial charge in [-0.05, 0) is 36.4 Å². The van der Waals surface area contributed by atoms with Crippen LogP contribution in [0.1, 0.15) is 5.69 Å². The Morgan fingerprint density at radius 1 is 0.933 bits per heavy atom. The van der Waals surface area contributed by atoms with E-state index >= 15 is 0 Å². The molecule has 8 heteroatoms. The summed E-state index contributed by atoms with van der Waals surface area (Å²) in [5, 5.41) is 0.763. The molecule has 1 aliphatic rings. The van der Waals surface area contributed by atoms with E-state index in [4.69, 9.17) is 4.74 Å². The van der Waals surface area contributed by atoms with Gasteiger partial charge in [-0.3, -0.25) is 9.88 Å². The Balaban J connectivity index is 1.38. The van der Waals surface area contributed by atoms with Crippen LogP contribution in [0.4, 0.5) is 23.2 Å². The highest BCUT2D eigenvalue weighted by molar-refractivity contribution is 5.78. The molecule has 1 aromatic heterocycles. The third-order valence-electron chi connectivity index (χ3n) is 5.06. The van der Waals surface area contributed by atoms with Crippen LogP contribution < -0.4 is 9.64 Å². The number of pyridine rings is 1. The summed E-state index contributed by atoms with van der Waals surface area (Å²) in [5.41, 5.74) is 2.33. The minimum absolute atomic E-state index is 0.242. The molecule has 0 unspecified atom stereocenters. The van der Waals surface area contributed by atoms with Gasteiger partial charge >= 0.3 is 6.18 Å². The van der Waals surface area contributed by atoms with Gasteiger partial charge in [0.15, 0.2) is 6.61 Å². The van der Waals surface area contributed by atoms with Gasteiger partial charge in [-0.15, -0.1) is 0 Å². The van der Waals surface area contributed by atoms with Crippen molar-refractivity contribution < 1.29 is 22.3 Å². The number of alkyl halides is 3. The van der Waals surface area contributed by atoms with Gasteiger partial charge in [-0.1, -0.05) is 18.2 Å². The van der Waals surface area contributed by atoms with E-state index in [2.05, 4.69) is 9.88 Å². The first-order valence-corrected chi connectivity index (χ1v) is 9.68. The lowest BCUT2D eigenvalue weighted by atomic mass is 10.2. The van der Waals surface area contributed by atoms with E-state index in [1.54, 1.807) is 30.3 Å². The summed E-state index contributed by atoms with van der Waals surface area (Å²) in [6.45, 7) is 2.19. The van der Waals surface area contributed by atoms with Crippen LogP contribution in [0, 0.1) is 5.82 Å².